The molecule has 158 valence electrons. The van der Waals surface area contributed by atoms with Crippen LogP contribution < -0.4 is 16.0 Å². The fraction of sp³-hybridized carbons (Fsp3) is 0.261. The predicted molar refractivity (Wildman–Crippen MR) is 116 cm³/mol. The molecule has 1 amide bonds. The SMILES string of the molecule is Nc1ncc(-c2ccc(N3CCOCC3)c(F)c2)nc1-c1ccc2c(c1)CCNC2=O. The van der Waals surface area contributed by atoms with Crippen LogP contribution in [-0.4, -0.2) is 48.7 Å². The molecule has 0 aliphatic carbocycles. The summed E-state index contributed by atoms with van der Waals surface area (Å²) in [5, 5.41) is 2.84. The molecule has 2 aromatic carbocycles. The number of morpholine rings is 1. The molecule has 31 heavy (non-hydrogen) atoms. The summed E-state index contributed by atoms with van der Waals surface area (Å²) in [5.74, 6) is -0.0924. The molecule has 1 fully saturated rings. The van der Waals surface area contributed by atoms with Gasteiger partial charge in [-0.2, -0.15) is 0 Å². The zero-order valence-corrected chi connectivity index (χ0v) is 16.9. The molecule has 1 saturated heterocycles. The van der Waals surface area contributed by atoms with Gasteiger partial charge in [-0.1, -0.05) is 12.1 Å². The van der Waals surface area contributed by atoms with Crippen LogP contribution in [0.1, 0.15) is 15.9 Å². The van der Waals surface area contributed by atoms with E-state index in [4.69, 9.17) is 10.5 Å². The first kappa shape index (κ1) is 19.4. The third kappa shape index (κ3) is 3.70. The van der Waals surface area contributed by atoms with E-state index in [1.54, 1.807) is 18.3 Å². The number of fused-ring (bicyclic) bond motifs is 1. The van der Waals surface area contributed by atoms with Crippen molar-refractivity contribution in [3.8, 4) is 22.5 Å². The van der Waals surface area contributed by atoms with Crippen molar-refractivity contribution < 1.29 is 13.9 Å². The van der Waals surface area contributed by atoms with Gasteiger partial charge in [0.2, 0.25) is 0 Å². The first-order valence-corrected chi connectivity index (χ1v) is 10.3. The van der Waals surface area contributed by atoms with Gasteiger partial charge in [-0.05, 0) is 36.2 Å². The molecule has 0 unspecified atom stereocenters. The van der Waals surface area contributed by atoms with Crippen molar-refractivity contribution in [3.63, 3.8) is 0 Å². The van der Waals surface area contributed by atoms with Crippen LogP contribution in [0.25, 0.3) is 22.5 Å². The highest BCUT2D eigenvalue weighted by Crippen LogP contribution is 2.30. The smallest absolute Gasteiger partial charge is 0.251 e. The number of benzene rings is 2. The molecular weight excluding hydrogens is 397 g/mol. The molecular formula is C23H22FN5O2. The number of nitrogens with zero attached hydrogens (tertiary/aromatic N) is 3. The monoisotopic (exact) mass is 419 g/mol. The molecule has 0 spiro atoms. The maximum atomic E-state index is 14.9. The Bertz CT molecular complexity index is 1160. The van der Waals surface area contributed by atoms with Crippen LogP contribution in [0.3, 0.4) is 0 Å². The van der Waals surface area contributed by atoms with E-state index in [0.29, 0.717) is 61.1 Å². The van der Waals surface area contributed by atoms with Gasteiger partial charge in [0.15, 0.2) is 0 Å². The maximum absolute atomic E-state index is 14.9. The minimum absolute atomic E-state index is 0.0727. The summed E-state index contributed by atoms with van der Waals surface area (Å²) in [4.78, 5) is 22.9. The maximum Gasteiger partial charge on any atom is 0.251 e. The molecule has 2 aliphatic heterocycles. The molecule has 5 rings (SSSR count). The summed E-state index contributed by atoms with van der Waals surface area (Å²) >= 11 is 0. The van der Waals surface area contributed by atoms with Crippen LogP contribution in [0.5, 0.6) is 0 Å². The van der Waals surface area contributed by atoms with Crippen LogP contribution in [0.15, 0.2) is 42.6 Å². The number of nitrogens with two attached hydrogens (primary N) is 1. The summed E-state index contributed by atoms with van der Waals surface area (Å²) in [7, 11) is 0. The Hall–Kier alpha value is -3.52. The largest absolute Gasteiger partial charge is 0.382 e. The van der Waals surface area contributed by atoms with E-state index >= 15 is 0 Å². The van der Waals surface area contributed by atoms with Crippen molar-refractivity contribution in [1.82, 2.24) is 15.3 Å². The average molecular weight is 419 g/mol. The number of halogens is 1. The molecule has 3 aromatic rings. The molecule has 8 heteroatoms. The normalized spacial score (nSPS) is 16.0. The van der Waals surface area contributed by atoms with Crippen LogP contribution in [0.4, 0.5) is 15.9 Å². The van der Waals surface area contributed by atoms with E-state index in [1.807, 2.05) is 23.1 Å². The fourth-order valence-electron chi connectivity index (χ4n) is 4.05. The van der Waals surface area contributed by atoms with Gasteiger partial charge in [-0.3, -0.25) is 4.79 Å². The van der Waals surface area contributed by atoms with E-state index in [-0.39, 0.29) is 17.5 Å². The molecule has 7 nitrogen and oxygen atoms in total. The van der Waals surface area contributed by atoms with E-state index in [2.05, 4.69) is 15.3 Å². The van der Waals surface area contributed by atoms with Gasteiger partial charge in [0.1, 0.15) is 17.3 Å². The zero-order chi connectivity index (χ0) is 21.4. The van der Waals surface area contributed by atoms with Crippen molar-refractivity contribution in [1.29, 1.82) is 0 Å². The Balaban J connectivity index is 1.49. The number of hydrogen-bond donors (Lipinski definition) is 2. The molecule has 2 aliphatic rings. The van der Waals surface area contributed by atoms with Gasteiger partial charge in [0, 0.05) is 36.3 Å². The van der Waals surface area contributed by atoms with Crippen molar-refractivity contribution in [2.75, 3.05) is 43.5 Å². The van der Waals surface area contributed by atoms with Crippen molar-refractivity contribution in [3.05, 3.63) is 59.5 Å². The quantitative estimate of drug-likeness (QED) is 0.678. The summed E-state index contributed by atoms with van der Waals surface area (Å²) in [6.45, 7) is 3.12. The van der Waals surface area contributed by atoms with Crippen molar-refractivity contribution >= 4 is 17.4 Å². The number of rotatable bonds is 3. The molecule has 0 radical (unpaired) electrons. The number of carbonyl (C=O) groups is 1. The van der Waals surface area contributed by atoms with E-state index in [9.17, 15) is 9.18 Å². The fourth-order valence-corrected chi connectivity index (χ4v) is 4.05. The lowest BCUT2D eigenvalue weighted by Crippen LogP contribution is -2.36. The Morgan fingerprint density at radius 2 is 1.90 bits per heavy atom. The topological polar surface area (TPSA) is 93.4 Å². The van der Waals surface area contributed by atoms with Gasteiger partial charge in [-0.25, -0.2) is 14.4 Å². The molecule has 3 N–H and O–H groups in total. The number of anilines is 2. The molecule has 0 atom stereocenters. The number of amides is 1. The van der Waals surface area contributed by atoms with E-state index < -0.39 is 0 Å². The van der Waals surface area contributed by atoms with Crippen molar-refractivity contribution in [2.45, 2.75) is 6.42 Å². The Kier molecular flexibility index (Phi) is 4.99. The number of nitrogens with one attached hydrogen (secondary N) is 1. The second-order valence-corrected chi connectivity index (χ2v) is 7.63. The average Bonchev–Trinajstić information content (AvgIpc) is 2.80. The van der Waals surface area contributed by atoms with Gasteiger partial charge in [-0.15, -0.1) is 0 Å². The van der Waals surface area contributed by atoms with Crippen LogP contribution in [0, 0.1) is 5.82 Å². The third-order valence-electron chi connectivity index (χ3n) is 5.70. The standard InChI is InChI=1S/C23H22FN5O2/c24-18-12-15(2-4-20(18)29-7-9-31-10-8-29)19-13-27-22(25)21(28-19)16-1-3-17-14(11-16)5-6-26-23(17)30/h1-4,11-13H,5-10H2,(H2,25,27)(H,26,30). The molecule has 3 heterocycles. The lowest BCUT2D eigenvalue weighted by Gasteiger charge is -2.29. The molecule has 0 bridgehead atoms. The lowest BCUT2D eigenvalue weighted by molar-refractivity contribution is 0.0946. The minimum atomic E-state index is -0.306. The minimum Gasteiger partial charge on any atom is -0.382 e. The highest BCUT2D eigenvalue weighted by Gasteiger charge is 2.19. The highest BCUT2D eigenvalue weighted by molar-refractivity contribution is 5.97. The van der Waals surface area contributed by atoms with Crippen LogP contribution >= 0.6 is 0 Å². The lowest BCUT2D eigenvalue weighted by atomic mass is 9.96. The summed E-state index contributed by atoms with van der Waals surface area (Å²) in [5.41, 5.74) is 10.7. The molecule has 0 saturated carbocycles. The first-order chi connectivity index (χ1) is 15.1. The predicted octanol–water partition coefficient (Wildman–Crippen LogP) is 2.65. The van der Waals surface area contributed by atoms with E-state index in [0.717, 1.165) is 17.5 Å². The van der Waals surface area contributed by atoms with E-state index in [1.165, 1.54) is 6.07 Å². The number of nitrogen functional groups attached to an aromatic ring is 1. The highest BCUT2D eigenvalue weighted by atomic mass is 19.1. The summed E-state index contributed by atoms with van der Waals surface area (Å²) < 4.78 is 20.2. The Morgan fingerprint density at radius 3 is 2.71 bits per heavy atom. The zero-order valence-electron chi connectivity index (χ0n) is 16.9. The summed E-state index contributed by atoms with van der Waals surface area (Å²) in [6, 6.07) is 10.6. The second kappa shape index (κ2) is 7.96. The number of hydrogen-bond acceptors (Lipinski definition) is 6. The molecule has 1 aromatic heterocycles. The van der Waals surface area contributed by atoms with Gasteiger partial charge in [0.05, 0.1) is 30.8 Å². The number of ether oxygens (including phenoxy) is 1. The number of carbonyl (C=O) groups excluding carboxylic acids is 1. The van der Waals surface area contributed by atoms with Gasteiger partial charge < -0.3 is 20.7 Å². The van der Waals surface area contributed by atoms with Crippen LogP contribution in [-0.2, 0) is 11.2 Å². The Labute approximate surface area is 179 Å². The van der Waals surface area contributed by atoms with Crippen LogP contribution in [0.2, 0.25) is 0 Å². The Morgan fingerprint density at radius 1 is 1.10 bits per heavy atom. The van der Waals surface area contributed by atoms with Crippen molar-refractivity contribution in [2.24, 2.45) is 0 Å². The first-order valence-electron chi connectivity index (χ1n) is 10.3. The second-order valence-electron chi connectivity index (χ2n) is 7.63. The van der Waals surface area contributed by atoms with Gasteiger partial charge >= 0.3 is 0 Å². The summed E-state index contributed by atoms with van der Waals surface area (Å²) in [6.07, 6.45) is 2.30. The van der Waals surface area contributed by atoms with Gasteiger partial charge in [0.25, 0.3) is 5.91 Å². The number of aromatic nitrogens is 2. The third-order valence-corrected chi connectivity index (χ3v) is 5.70.